The SMILES string of the molecule is Cn1cc(C=O)c2c(C#Cc3ccccc3)ccnc21. The molecule has 96 valence electrons. The van der Waals surface area contributed by atoms with Crippen molar-refractivity contribution in [3.05, 3.63) is 65.5 Å². The van der Waals surface area contributed by atoms with E-state index in [1.54, 1.807) is 12.4 Å². The van der Waals surface area contributed by atoms with E-state index in [0.717, 1.165) is 28.4 Å². The van der Waals surface area contributed by atoms with Gasteiger partial charge in [-0.25, -0.2) is 4.98 Å². The molecule has 0 fully saturated rings. The molecule has 0 atom stereocenters. The van der Waals surface area contributed by atoms with Crippen LogP contribution < -0.4 is 0 Å². The van der Waals surface area contributed by atoms with Gasteiger partial charge in [-0.2, -0.15) is 0 Å². The molecular formula is C17H12N2O. The van der Waals surface area contributed by atoms with Crippen LogP contribution in [0.3, 0.4) is 0 Å². The summed E-state index contributed by atoms with van der Waals surface area (Å²) in [6.45, 7) is 0. The Morgan fingerprint density at radius 3 is 2.70 bits per heavy atom. The molecule has 20 heavy (non-hydrogen) atoms. The number of aromatic nitrogens is 2. The van der Waals surface area contributed by atoms with E-state index < -0.39 is 0 Å². The van der Waals surface area contributed by atoms with Gasteiger partial charge < -0.3 is 4.57 Å². The van der Waals surface area contributed by atoms with Gasteiger partial charge in [-0.15, -0.1) is 0 Å². The third kappa shape index (κ3) is 2.08. The highest BCUT2D eigenvalue weighted by molar-refractivity contribution is 5.99. The van der Waals surface area contributed by atoms with Gasteiger partial charge in [0, 0.05) is 41.5 Å². The Morgan fingerprint density at radius 1 is 1.15 bits per heavy atom. The number of rotatable bonds is 1. The van der Waals surface area contributed by atoms with E-state index in [0.29, 0.717) is 5.56 Å². The van der Waals surface area contributed by atoms with Crippen LogP contribution in [0.4, 0.5) is 0 Å². The smallest absolute Gasteiger partial charge is 0.152 e. The van der Waals surface area contributed by atoms with Gasteiger partial charge in [0.2, 0.25) is 0 Å². The fourth-order valence-corrected chi connectivity index (χ4v) is 2.19. The molecule has 3 aromatic rings. The average molecular weight is 260 g/mol. The van der Waals surface area contributed by atoms with Gasteiger partial charge in [-0.1, -0.05) is 30.0 Å². The van der Waals surface area contributed by atoms with E-state index in [9.17, 15) is 4.79 Å². The monoisotopic (exact) mass is 260 g/mol. The van der Waals surface area contributed by atoms with E-state index in [1.165, 1.54) is 0 Å². The molecule has 0 N–H and O–H groups in total. The molecule has 0 bridgehead atoms. The number of pyridine rings is 1. The minimum atomic E-state index is 0.618. The van der Waals surface area contributed by atoms with Crippen LogP contribution in [-0.4, -0.2) is 15.8 Å². The maximum absolute atomic E-state index is 11.2. The number of carbonyl (C=O) groups is 1. The molecule has 3 heteroatoms. The van der Waals surface area contributed by atoms with Crippen molar-refractivity contribution < 1.29 is 4.79 Å². The van der Waals surface area contributed by atoms with Gasteiger partial charge in [0.25, 0.3) is 0 Å². The molecule has 3 nitrogen and oxygen atoms in total. The van der Waals surface area contributed by atoms with Crippen molar-refractivity contribution in [1.82, 2.24) is 9.55 Å². The molecule has 2 heterocycles. The van der Waals surface area contributed by atoms with Crippen LogP contribution in [0.25, 0.3) is 11.0 Å². The third-order valence-electron chi connectivity index (χ3n) is 3.13. The summed E-state index contributed by atoms with van der Waals surface area (Å²) in [5.74, 6) is 6.24. The summed E-state index contributed by atoms with van der Waals surface area (Å²) in [6, 6.07) is 11.6. The van der Waals surface area contributed by atoms with Gasteiger partial charge in [0.15, 0.2) is 6.29 Å². The maximum atomic E-state index is 11.2. The minimum Gasteiger partial charge on any atom is -0.335 e. The molecule has 0 amide bonds. The number of nitrogens with zero attached hydrogens (tertiary/aromatic N) is 2. The molecule has 0 aliphatic rings. The van der Waals surface area contributed by atoms with Crippen molar-refractivity contribution in [2.75, 3.05) is 0 Å². The zero-order valence-electron chi connectivity index (χ0n) is 11.0. The quantitative estimate of drug-likeness (QED) is 0.498. The van der Waals surface area contributed by atoms with E-state index in [1.807, 2.05) is 48.0 Å². The number of carbonyl (C=O) groups excluding carboxylic acids is 1. The van der Waals surface area contributed by atoms with Crippen molar-refractivity contribution in [2.24, 2.45) is 7.05 Å². The van der Waals surface area contributed by atoms with Crippen LogP contribution in [-0.2, 0) is 7.05 Å². The van der Waals surface area contributed by atoms with Crippen molar-refractivity contribution in [2.45, 2.75) is 0 Å². The van der Waals surface area contributed by atoms with E-state index in [2.05, 4.69) is 16.8 Å². The van der Waals surface area contributed by atoms with Crippen molar-refractivity contribution >= 4 is 17.3 Å². The topological polar surface area (TPSA) is 34.9 Å². The molecule has 0 saturated carbocycles. The van der Waals surface area contributed by atoms with E-state index in [4.69, 9.17) is 0 Å². The normalized spacial score (nSPS) is 10.1. The number of hydrogen-bond acceptors (Lipinski definition) is 2. The molecule has 0 aliphatic heterocycles. The summed E-state index contributed by atoms with van der Waals surface area (Å²) in [7, 11) is 1.87. The number of aldehydes is 1. The van der Waals surface area contributed by atoms with Crippen LogP contribution in [0.1, 0.15) is 21.5 Å². The fraction of sp³-hybridized carbons (Fsp3) is 0.0588. The second kappa shape index (κ2) is 5.02. The Kier molecular flexibility index (Phi) is 3.06. The first-order chi connectivity index (χ1) is 9.79. The number of aryl methyl sites for hydroxylation is 1. The first kappa shape index (κ1) is 12.2. The zero-order valence-corrected chi connectivity index (χ0v) is 11.0. The summed E-state index contributed by atoms with van der Waals surface area (Å²) in [6.07, 6.45) is 4.34. The second-order valence-corrected chi connectivity index (χ2v) is 4.49. The summed E-state index contributed by atoms with van der Waals surface area (Å²) in [5.41, 5.74) is 3.16. The van der Waals surface area contributed by atoms with Crippen molar-refractivity contribution in [1.29, 1.82) is 0 Å². The Bertz CT molecular complexity index is 836. The van der Waals surface area contributed by atoms with Gasteiger partial charge in [0.05, 0.1) is 0 Å². The number of hydrogen-bond donors (Lipinski definition) is 0. The lowest BCUT2D eigenvalue weighted by Crippen LogP contribution is -1.88. The van der Waals surface area contributed by atoms with Gasteiger partial charge in [-0.05, 0) is 18.2 Å². The third-order valence-corrected chi connectivity index (χ3v) is 3.13. The lowest BCUT2D eigenvalue weighted by Gasteiger charge is -1.97. The molecule has 0 unspecified atom stereocenters. The second-order valence-electron chi connectivity index (χ2n) is 4.49. The van der Waals surface area contributed by atoms with Crippen molar-refractivity contribution in [3.63, 3.8) is 0 Å². The van der Waals surface area contributed by atoms with Crippen LogP contribution in [0, 0.1) is 11.8 Å². The van der Waals surface area contributed by atoms with E-state index in [-0.39, 0.29) is 0 Å². The first-order valence-electron chi connectivity index (χ1n) is 6.26. The van der Waals surface area contributed by atoms with Crippen LogP contribution >= 0.6 is 0 Å². The van der Waals surface area contributed by atoms with E-state index >= 15 is 0 Å². The Hall–Kier alpha value is -2.86. The zero-order chi connectivity index (χ0) is 13.9. The number of fused-ring (bicyclic) bond motifs is 1. The van der Waals surface area contributed by atoms with Crippen LogP contribution in [0.15, 0.2) is 48.8 Å². The molecule has 1 aromatic carbocycles. The molecule has 3 rings (SSSR count). The molecular weight excluding hydrogens is 248 g/mol. The highest BCUT2D eigenvalue weighted by atomic mass is 16.1. The Balaban J connectivity index is 2.18. The summed E-state index contributed by atoms with van der Waals surface area (Å²) < 4.78 is 1.84. The van der Waals surface area contributed by atoms with Gasteiger partial charge in [0.1, 0.15) is 5.65 Å². The fourth-order valence-electron chi connectivity index (χ4n) is 2.19. The molecule has 0 radical (unpaired) electrons. The van der Waals surface area contributed by atoms with Gasteiger partial charge >= 0.3 is 0 Å². The lowest BCUT2D eigenvalue weighted by atomic mass is 10.1. The standard InChI is InChI=1S/C17H12N2O/c1-19-11-15(12-20)16-14(9-10-18-17(16)19)8-7-13-5-3-2-4-6-13/h2-6,9-12H,1H3. The van der Waals surface area contributed by atoms with Crippen LogP contribution in [0.2, 0.25) is 0 Å². The summed E-state index contributed by atoms with van der Waals surface area (Å²) in [4.78, 5) is 15.5. The lowest BCUT2D eigenvalue weighted by molar-refractivity contribution is 0.112. The van der Waals surface area contributed by atoms with Crippen molar-refractivity contribution in [3.8, 4) is 11.8 Å². The molecule has 0 aliphatic carbocycles. The predicted octanol–water partition coefficient (Wildman–Crippen LogP) is 2.79. The summed E-state index contributed by atoms with van der Waals surface area (Å²) >= 11 is 0. The maximum Gasteiger partial charge on any atom is 0.152 e. The first-order valence-corrected chi connectivity index (χ1v) is 6.26. The van der Waals surface area contributed by atoms with Crippen LogP contribution in [0.5, 0.6) is 0 Å². The summed E-state index contributed by atoms with van der Waals surface area (Å²) in [5, 5.41) is 0.813. The molecule has 0 spiro atoms. The Morgan fingerprint density at radius 2 is 1.95 bits per heavy atom. The molecule has 2 aromatic heterocycles. The Labute approximate surface area is 116 Å². The minimum absolute atomic E-state index is 0.618. The number of benzene rings is 1. The van der Waals surface area contributed by atoms with Gasteiger partial charge in [-0.3, -0.25) is 4.79 Å². The largest absolute Gasteiger partial charge is 0.335 e. The molecule has 0 saturated heterocycles. The highest BCUT2D eigenvalue weighted by Gasteiger charge is 2.09. The predicted molar refractivity (Wildman–Crippen MR) is 78.5 cm³/mol. The average Bonchev–Trinajstić information content (AvgIpc) is 2.83. The highest BCUT2D eigenvalue weighted by Crippen LogP contribution is 2.21.